The quantitative estimate of drug-likeness (QED) is 0.874. The summed E-state index contributed by atoms with van der Waals surface area (Å²) < 4.78 is 37.7. The lowest BCUT2D eigenvalue weighted by atomic mass is 10.0. The van der Waals surface area contributed by atoms with Crippen LogP contribution in [0.4, 0.5) is 18.9 Å². The highest BCUT2D eigenvalue weighted by atomic mass is 19.4. The Hall–Kier alpha value is -1.56. The number of nitrogens with two attached hydrogens (primary N) is 1. The van der Waals surface area contributed by atoms with E-state index < -0.39 is 11.7 Å². The Balaban J connectivity index is 3.07. The summed E-state index contributed by atoms with van der Waals surface area (Å²) in [6, 6.07) is 3.29. The highest BCUT2D eigenvalue weighted by Crippen LogP contribution is 2.32. The summed E-state index contributed by atoms with van der Waals surface area (Å²) in [4.78, 5) is 11.0. The van der Waals surface area contributed by atoms with Crippen LogP contribution in [0.25, 0.3) is 0 Å². The minimum atomic E-state index is -4.38. The number of anilines is 1. The van der Waals surface area contributed by atoms with Gasteiger partial charge < -0.3 is 11.1 Å². The molecule has 1 rings (SSSR count). The minimum absolute atomic E-state index is 0.316. The normalized spacial score (nSPS) is 11.4. The Morgan fingerprint density at radius 2 is 2.06 bits per heavy atom. The lowest BCUT2D eigenvalue weighted by Crippen LogP contribution is -2.12. The van der Waals surface area contributed by atoms with Gasteiger partial charge in [-0.3, -0.25) is 4.79 Å². The zero-order chi connectivity index (χ0) is 13.8. The van der Waals surface area contributed by atoms with E-state index in [-0.39, 0.29) is 5.91 Å². The van der Waals surface area contributed by atoms with Crippen molar-refractivity contribution in [1.82, 2.24) is 0 Å². The summed E-state index contributed by atoms with van der Waals surface area (Å²) in [5.74, 6) is -0.316. The summed E-state index contributed by atoms with van der Waals surface area (Å²) in [5, 5.41) is 2.51. The Labute approximate surface area is 103 Å². The molecule has 1 aromatic rings. The van der Waals surface area contributed by atoms with Gasteiger partial charge in [-0.1, -0.05) is 0 Å². The molecule has 0 aliphatic rings. The number of benzene rings is 1. The third kappa shape index (κ3) is 4.03. The smallest absolute Gasteiger partial charge is 0.330 e. The Bertz CT molecular complexity index is 430. The van der Waals surface area contributed by atoms with Crippen molar-refractivity contribution in [2.24, 2.45) is 5.73 Å². The second kappa shape index (κ2) is 5.86. The number of carbonyl (C=O) groups is 1. The summed E-state index contributed by atoms with van der Waals surface area (Å²) in [7, 11) is 0. The van der Waals surface area contributed by atoms with Crippen molar-refractivity contribution in [1.29, 1.82) is 0 Å². The molecule has 1 amide bonds. The van der Waals surface area contributed by atoms with E-state index in [1.165, 1.54) is 13.0 Å². The number of amides is 1. The van der Waals surface area contributed by atoms with Crippen LogP contribution in [0.2, 0.25) is 0 Å². The minimum Gasteiger partial charge on any atom is -0.330 e. The zero-order valence-electron chi connectivity index (χ0n) is 9.97. The lowest BCUT2D eigenvalue weighted by Gasteiger charge is -2.13. The summed E-state index contributed by atoms with van der Waals surface area (Å²) >= 11 is 0. The van der Waals surface area contributed by atoms with Crippen molar-refractivity contribution in [2.75, 3.05) is 11.9 Å². The van der Waals surface area contributed by atoms with Gasteiger partial charge in [0, 0.05) is 12.6 Å². The fraction of sp³-hybridized carbons (Fsp3) is 0.417. The van der Waals surface area contributed by atoms with Crippen LogP contribution < -0.4 is 11.1 Å². The van der Waals surface area contributed by atoms with Gasteiger partial charge in [-0.15, -0.1) is 0 Å². The number of alkyl halides is 3. The Morgan fingerprint density at radius 3 is 2.56 bits per heavy atom. The maximum atomic E-state index is 12.6. The van der Waals surface area contributed by atoms with Gasteiger partial charge in [0.15, 0.2) is 0 Å². The molecular weight excluding hydrogens is 245 g/mol. The Morgan fingerprint density at radius 1 is 1.39 bits per heavy atom. The first-order chi connectivity index (χ1) is 8.34. The average molecular weight is 260 g/mol. The van der Waals surface area contributed by atoms with Gasteiger partial charge in [-0.05, 0) is 43.1 Å². The van der Waals surface area contributed by atoms with Crippen molar-refractivity contribution < 1.29 is 18.0 Å². The van der Waals surface area contributed by atoms with Crippen LogP contribution in [-0.4, -0.2) is 12.5 Å². The highest BCUT2D eigenvalue weighted by molar-refractivity contribution is 5.89. The number of hydrogen-bond acceptors (Lipinski definition) is 2. The number of halogens is 3. The summed E-state index contributed by atoms with van der Waals surface area (Å²) in [6.45, 7) is 1.69. The molecule has 0 saturated carbocycles. The molecule has 1 aromatic carbocycles. The van der Waals surface area contributed by atoms with Crippen LogP contribution >= 0.6 is 0 Å². The molecule has 0 heterocycles. The zero-order valence-corrected chi connectivity index (χ0v) is 9.97. The van der Waals surface area contributed by atoms with Gasteiger partial charge in [0.2, 0.25) is 5.91 Å². The van der Waals surface area contributed by atoms with E-state index in [0.29, 0.717) is 30.6 Å². The fourth-order valence-corrected chi connectivity index (χ4v) is 1.58. The van der Waals surface area contributed by atoms with Gasteiger partial charge >= 0.3 is 6.18 Å². The number of carbonyl (C=O) groups excluding carboxylic acids is 1. The van der Waals surface area contributed by atoms with Gasteiger partial charge in [0.1, 0.15) is 0 Å². The van der Waals surface area contributed by atoms with Crippen molar-refractivity contribution in [2.45, 2.75) is 25.9 Å². The summed E-state index contributed by atoms with van der Waals surface area (Å²) in [6.07, 6.45) is -3.42. The molecule has 0 saturated heterocycles. The molecule has 3 N–H and O–H groups in total. The number of aryl methyl sites for hydroxylation is 1. The third-order valence-electron chi connectivity index (χ3n) is 2.39. The maximum absolute atomic E-state index is 12.6. The molecule has 0 bridgehead atoms. The second-order valence-electron chi connectivity index (χ2n) is 3.94. The van der Waals surface area contributed by atoms with Gasteiger partial charge in [0.05, 0.1) is 5.56 Å². The lowest BCUT2D eigenvalue weighted by molar-refractivity contribution is -0.137. The van der Waals surface area contributed by atoms with E-state index in [0.717, 1.165) is 12.1 Å². The largest absolute Gasteiger partial charge is 0.416 e. The van der Waals surface area contributed by atoms with Crippen LogP contribution in [0.5, 0.6) is 0 Å². The van der Waals surface area contributed by atoms with E-state index in [1.807, 2.05) is 0 Å². The van der Waals surface area contributed by atoms with Gasteiger partial charge in [0.25, 0.3) is 0 Å². The SMILES string of the molecule is CC(=O)Nc1ccc(C(F)(F)F)cc1CCCN. The number of hydrogen-bond donors (Lipinski definition) is 2. The third-order valence-corrected chi connectivity index (χ3v) is 2.39. The first kappa shape index (κ1) is 14.5. The molecule has 100 valence electrons. The predicted octanol–water partition coefficient (Wildman–Crippen LogP) is 2.56. The van der Waals surface area contributed by atoms with Gasteiger partial charge in [-0.25, -0.2) is 0 Å². The first-order valence-electron chi connectivity index (χ1n) is 5.52. The van der Waals surface area contributed by atoms with Crippen LogP contribution in [0.1, 0.15) is 24.5 Å². The summed E-state index contributed by atoms with van der Waals surface area (Å²) in [5.41, 5.74) is 5.48. The Kier molecular flexibility index (Phi) is 4.72. The molecule has 0 radical (unpaired) electrons. The molecule has 0 unspecified atom stereocenters. The first-order valence-corrected chi connectivity index (χ1v) is 5.52. The number of rotatable bonds is 4. The topological polar surface area (TPSA) is 55.1 Å². The van der Waals surface area contributed by atoms with Crippen molar-refractivity contribution in [3.05, 3.63) is 29.3 Å². The van der Waals surface area contributed by atoms with E-state index in [1.54, 1.807) is 0 Å². The van der Waals surface area contributed by atoms with Crippen molar-refractivity contribution in [3.8, 4) is 0 Å². The monoisotopic (exact) mass is 260 g/mol. The van der Waals surface area contributed by atoms with Crippen molar-refractivity contribution >= 4 is 11.6 Å². The van der Waals surface area contributed by atoms with E-state index in [2.05, 4.69) is 5.32 Å². The molecule has 6 heteroatoms. The highest BCUT2D eigenvalue weighted by Gasteiger charge is 2.30. The molecular formula is C12H15F3N2O. The molecule has 0 spiro atoms. The molecule has 3 nitrogen and oxygen atoms in total. The van der Waals surface area contributed by atoms with Crippen LogP contribution in [0, 0.1) is 0 Å². The maximum Gasteiger partial charge on any atom is 0.416 e. The second-order valence-corrected chi connectivity index (χ2v) is 3.94. The van der Waals surface area contributed by atoms with Crippen LogP contribution in [-0.2, 0) is 17.4 Å². The van der Waals surface area contributed by atoms with Crippen LogP contribution in [0.3, 0.4) is 0 Å². The molecule has 18 heavy (non-hydrogen) atoms. The van der Waals surface area contributed by atoms with Crippen molar-refractivity contribution in [3.63, 3.8) is 0 Å². The molecule has 0 fully saturated rings. The molecule has 0 aliphatic heterocycles. The number of nitrogens with one attached hydrogen (secondary N) is 1. The van der Waals surface area contributed by atoms with Gasteiger partial charge in [-0.2, -0.15) is 13.2 Å². The fourth-order valence-electron chi connectivity index (χ4n) is 1.58. The molecule has 0 aromatic heterocycles. The average Bonchev–Trinajstić information content (AvgIpc) is 2.25. The van der Waals surface area contributed by atoms with E-state index in [4.69, 9.17) is 5.73 Å². The standard InChI is InChI=1S/C12H15F3N2O/c1-8(18)17-11-5-4-10(12(13,14)15)7-9(11)3-2-6-16/h4-5,7H,2-3,6,16H2,1H3,(H,17,18). The molecule has 0 atom stereocenters. The predicted molar refractivity (Wildman–Crippen MR) is 63.1 cm³/mol. The van der Waals surface area contributed by atoms with Crippen LogP contribution in [0.15, 0.2) is 18.2 Å². The van der Waals surface area contributed by atoms with E-state index >= 15 is 0 Å². The molecule has 0 aliphatic carbocycles. The van der Waals surface area contributed by atoms with E-state index in [9.17, 15) is 18.0 Å².